The fourth-order valence-electron chi connectivity index (χ4n) is 3.41. The molecule has 152 valence electrons. The van der Waals surface area contributed by atoms with Crippen molar-refractivity contribution in [2.75, 3.05) is 49.5 Å². The topological polar surface area (TPSA) is 57.7 Å². The lowest BCUT2D eigenvalue weighted by atomic mass is 10.2. The normalized spacial score (nSPS) is 14.9. The second-order valence-electron chi connectivity index (χ2n) is 6.87. The summed E-state index contributed by atoms with van der Waals surface area (Å²) in [6.45, 7) is 6.35. The Morgan fingerprint density at radius 3 is 2.79 bits per heavy atom. The molecular formula is C21H23ClN4O2S. The molecule has 3 aromatic rings. The standard InChI is InChI=1S/C21H23ClN4O2S/c1-2-28-17-6-7-18-19(13-17)29-21(23-18)24-20(27)14-25-8-10-26(11-9-25)16-5-3-4-15(22)12-16/h3-7,12-13H,2,8-11,14H2,1H3,(H,23,24,27). The highest BCUT2D eigenvalue weighted by molar-refractivity contribution is 7.22. The zero-order valence-corrected chi connectivity index (χ0v) is 17.8. The average molecular weight is 431 g/mol. The van der Waals surface area contributed by atoms with Gasteiger partial charge in [0.05, 0.1) is 23.4 Å². The Bertz CT molecular complexity index is 1000. The number of halogens is 1. The number of amides is 1. The van der Waals surface area contributed by atoms with E-state index in [1.54, 1.807) is 0 Å². The highest BCUT2D eigenvalue weighted by atomic mass is 35.5. The Labute approximate surface area is 179 Å². The van der Waals surface area contributed by atoms with Gasteiger partial charge in [0.25, 0.3) is 0 Å². The van der Waals surface area contributed by atoms with Crippen molar-refractivity contribution in [3.8, 4) is 5.75 Å². The first kappa shape index (κ1) is 19.9. The molecule has 8 heteroatoms. The molecule has 29 heavy (non-hydrogen) atoms. The van der Waals surface area contributed by atoms with Crippen LogP contribution >= 0.6 is 22.9 Å². The summed E-state index contributed by atoms with van der Waals surface area (Å²) in [6.07, 6.45) is 0. The largest absolute Gasteiger partial charge is 0.494 e. The number of piperazine rings is 1. The van der Waals surface area contributed by atoms with Crippen LogP contribution in [0.1, 0.15) is 6.92 Å². The Hall–Kier alpha value is -2.35. The van der Waals surface area contributed by atoms with E-state index in [0.29, 0.717) is 18.3 Å². The fraction of sp³-hybridized carbons (Fsp3) is 0.333. The summed E-state index contributed by atoms with van der Waals surface area (Å²) >= 11 is 7.55. The van der Waals surface area contributed by atoms with E-state index in [0.717, 1.165) is 52.9 Å². The number of aromatic nitrogens is 1. The monoisotopic (exact) mass is 430 g/mol. The molecular weight excluding hydrogens is 408 g/mol. The molecule has 0 atom stereocenters. The molecule has 0 saturated carbocycles. The lowest BCUT2D eigenvalue weighted by Gasteiger charge is -2.35. The summed E-state index contributed by atoms with van der Waals surface area (Å²) in [6, 6.07) is 13.7. The number of carbonyl (C=O) groups excluding carboxylic acids is 1. The van der Waals surface area contributed by atoms with Gasteiger partial charge in [-0.25, -0.2) is 4.98 Å². The van der Waals surface area contributed by atoms with E-state index >= 15 is 0 Å². The number of benzene rings is 2. The zero-order valence-electron chi connectivity index (χ0n) is 16.2. The van der Waals surface area contributed by atoms with E-state index in [-0.39, 0.29) is 5.91 Å². The van der Waals surface area contributed by atoms with E-state index in [1.165, 1.54) is 11.3 Å². The van der Waals surface area contributed by atoms with Crippen LogP contribution in [0.3, 0.4) is 0 Å². The zero-order chi connectivity index (χ0) is 20.2. The number of fused-ring (bicyclic) bond motifs is 1. The Kier molecular flexibility index (Phi) is 6.18. The van der Waals surface area contributed by atoms with Crippen LogP contribution in [0.15, 0.2) is 42.5 Å². The van der Waals surface area contributed by atoms with Crippen molar-refractivity contribution in [3.05, 3.63) is 47.5 Å². The number of nitrogens with one attached hydrogen (secondary N) is 1. The molecule has 0 spiro atoms. The molecule has 2 heterocycles. The van der Waals surface area contributed by atoms with Gasteiger partial charge in [0.2, 0.25) is 5.91 Å². The lowest BCUT2D eigenvalue weighted by Crippen LogP contribution is -2.48. The highest BCUT2D eigenvalue weighted by Crippen LogP contribution is 2.29. The predicted octanol–water partition coefficient (Wildman–Crippen LogP) is 4.11. The first-order chi connectivity index (χ1) is 14.1. The minimum absolute atomic E-state index is 0.0368. The highest BCUT2D eigenvalue weighted by Gasteiger charge is 2.20. The summed E-state index contributed by atoms with van der Waals surface area (Å²) < 4.78 is 6.53. The molecule has 2 aromatic carbocycles. The van der Waals surface area contributed by atoms with Crippen LogP contribution in [0, 0.1) is 0 Å². The first-order valence-electron chi connectivity index (χ1n) is 9.67. The Morgan fingerprint density at radius 1 is 1.21 bits per heavy atom. The van der Waals surface area contributed by atoms with Crippen molar-refractivity contribution in [2.45, 2.75) is 6.92 Å². The van der Waals surface area contributed by atoms with E-state index in [1.807, 2.05) is 43.3 Å². The van der Waals surface area contributed by atoms with Gasteiger partial charge in [0.15, 0.2) is 5.13 Å². The summed E-state index contributed by atoms with van der Waals surface area (Å²) in [5, 5.41) is 4.30. The van der Waals surface area contributed by atoms with Gasteiger partial charge < -0.3 is 15.0 Å². The lowest BCUT2D eigenvalue weighted by molar-refractivity contribution is -0.117. The molecule has 0 radical (unpaired) electrons. The quantitative estimate of drug-likeness (QED) is 0.637. The van der Waals surface area contributed by atoms with Crippen molar-refractivity contribution < 1.29 is 9.53 Å². The van der Waals surface area contributed by atoms with E-state index in [2.05, 4.69) is 26.2 Å². The van der Waals surface area contributed by atoms with Crippen LogP contribution < -0.4 is 15.0 Å². The van der Waals surface area contributed by atoms with Crippen LogP contribution in [-0.2, 0) is 4.79 Å². The summed E-state index contributed by atoms with van der Waals surface area (Å²) in [5.41, 5.74) is 1.99. The van der Waals surface area contributed by atoms with E-state index < -0.39 is 0 Å². The summed E-state index contributed by atoms with van der Waals surface area (Å²) in [7, 11) is 0. The summed E-state index contributed by atoms with van der Waals surface area (Å²) in [5.74, 6) is 0.782. The molecule has 1 amide bonds. The number of anilines is 2. The number of carbonyl (C=O) groups is 1. The smallest absolute Gasteiger partial charge is 0.240 e. The van der Waals surface area contributed by atoms with Crippen molar-refractivity contribution in [3.63, 3.8) is 0 Å². The van der Waals surface area contributed by atoms with Gasteiger partial charge in [-0.3, -0.25) is 9.69 Å². The second kappa shape index (κ2) is 8.98. The van der Waals surface area contributed by atoms with Gasteiger partial charge in [-0.2, -0.15) is 0 Å². The molecule has 1 saturated heterocycles. The molecule has 6 nitrogen and oxygen atoms in total. The molecule has 1 aromatic heterocycles. The van der Waals surface area contributed by atoms with Crippen LogP contribution in [0.4, 0.5) is 10.8 Å². The molecule has 0 aliphatic carbocycles. The molecule has 0 bridgehead atoms. The van der Waals surface area contributed by atoms with Crippen LogP contribution in [0.25, 0.3) is 10.2 Å². The van der Waals surface area contributed by atoms with Crippen molar-refractivity contribution >= 4 is 49.9 Å². The van der Waals surface area contributed by atoms with Gasteiger partial charge in [-0.15, -0.1) is 0 Å². The molecule has 1 aliphatic heterocycles. The minimum atomic E-state index is -0.0368. The maximum absolute atomic E-state index is 12.5. The maximum atomic E-state index is 12.5. The number of rotatable bonds is 6. The van der Waals surface area contributed by atoms with Crippen molar-refractivity contribution in [1.82, 2.24) is 9.88 Å². The third-order valence-electron chi connectivity index (χ3n) is 4.83. The van der Waals surface area contributed by atoms with Crippen LogP contribution in [0.5, 0.6) is 5.75 Å². The van der Waals surface area contributed by atoms with Crippen LogP contribution in [-0.4, -0.2) is 55.1 Å². The summed E-state index contributed by atoms with van der Waals surface area (Å²) in [4.78, 5) is 21.4. The van der Waals surface area contributed by atoms with Crippen molar-refractivity contribution in [1.29, 1.82) is 0 Å². The third-order valence-corrected chi connectivity index (χ3v) is 6.00. The maximum Gasteiger partial charge on any atom is 0.240 e. The molecule has 1 aliphatic rings. The van der Waals surface area contributed by atoms with Crippen LogP contribution in [0.2, 0.25) is 5.02 Å². The van der Waals surface area contributed by atoms with Crippen molar-refractivity contribution in [2.24, 2.45) is 0 Å². The SMILES string of the molecule is CCOc1ccc2nc(NC(=O)CN3CCN(c4cccc(Cl)c4)CC3)sc2c1. The number of thiazole rings is 1. The van der Waals surface area contributed by atoms with E-state index in [4.69, 9.17) is 16.3 Å². The molecule has 1 fully saturated rings. The predicted molar refractivity (Wildman–Crippen MR) is 120 cm³/mol. The Balaban J connectivity index is 1.30. The second-order valence-corrected chi connectivity index (χ2v) is 8.34. The molecule has 1 N–H and O–H groups in total. The molecule has 4 rings (SSSR count). The third kappa shape index (κ3) is 4.98. The van der Waals surface area contributed by atoms with E-state index in [9.17, 15) is 4.79 Å². The van der Waals surface area contributed by atoms with Gasteiger partial charge in [-0.05, 0) is 43.3 Å². The number of hydrogen-bond donors (Lipinski definition) is 1. The van der Waals surface area contributed by atoms with Gasteiger partial charge in [-0.1, -0.05) is 29.0 Å². The number of nitrogens with zero attached hydrogens (tertiary/aromatic N) is 3. The Morgan fingerprint density at radius 2 is 2.03 bits per heavy atom. The first-order valence-corrected chi connectivity index (χ1v) is 10.9. The van der Waals surface area contributed by atoms with Gasteiger partial charge >= 0.3 is 0 Å². The number of ether oxygens (including phenoxy) is 1. The average Bonchev–Trinajstić information content (AvgIpc) is 3.10. The van der Waals surface area contributed by atoms with Gasteiger partial charge in [0, 0.05) is 36.9 Å². The fourth-order valence-corrected chi connectivity index (χ4v) is 4.51. The minimum Gasteiger partial charge on any atom is -0.494 e. The van der Waals surface area contributed by atoms with Gasteiger partial charge in [0.1, 0.15) is 5.75 Å². The number of hydrogen-bond acceptors (Lipinski definition) is 6. The molecule has 0 unspecified atom stereocenters.